The molecule has 1 aromatic rings. The number of para-hydroxylation sites is 1. The molecule has 0 aromatic heterocycles. The molecule has 0 aliphatic heterocycles. The minimum absolute atomic E-state index is 0.00218. The lowest BCUT2D eigenvalue weighted by molar-refractivity contribution is -0.113. The topological polar surface area (TPSA) is 32.3 Å². The molecule has 1 aromatic carbocycles. The molecule has 0 bridgehead atoms. The summed E-state index contributed by atoms with van der Waals surface area (Å²) in [5.74, 6) is 1.43. The molecule has 0 atom stereocenters. The summed E-state index contributed by atoms with van der Waals surface area (Å²) >= 11 is 7.63. The van der Waals surface area contributed by atoms with Crippen LogP contribution in [0, 0.1) is 0 Å². The Hall–Kier alpha value is -0.710. The Bertz CT molecular complexity index is 397. The molecule has 3 nitrogen and oxygen atoms in total. The van der Waals surface area contributed by atoms with Crippen LogP contribution in [0.25, 0.3) is 0 Å². The van der Waals surface area contributed by atoms with E-state index in [1.807, 2.05) is 12.1 Å². The van der Waals surface area contributed by atoms with Crippen LogP contribution in [0.1, 0.15) is 13.8 Å². The van der Waals surface area contributed by atoms with E-state index in [1.54, 1.807) is 23.9 Å². The Kier molecular flexibility index (Phi) is 7.94. The number of halogens is 1. The molecule has 0 aliphatic rings. The summed E-state index contributed by atoms with van der Waals surface area (Å²) in [7, 11) is 0. The molecule has 0 saturated heterocycles. The first-order valence-corrected chi connectivity index (χ1v) is 8.05. The number of nitrogens with one attached hydrogen (secondary N) is 1. The first-order chi connectivity index (χ1) is 9.17. The number of nitrogens with zero attached hydrogens (tertiary/aromatic N) is 1. The lowest BCUT2D eigenvalue weighted by atomic mass is 10.3. The van der Waals surface area contributed by atoms with Crippen LogP contribution in [0.15, 0.2) is 24.3 Å². The molecular formula is C14H21ClN2OS. The molecule has 1 amide bonds. The molecule has 0 radical (unpaired) electrons. The molecule has 0 heterocycles. The summed E-state index contributed by atoms with van der Waals surface area (Å²) in [6.07, 6.45) is 0. The van der Waals surface area contributed by atoms with Crippen molar-refractivity contribution in [3.63, 3.8) is 0 Å². The molecule has 5 heteroatoms. The lowest BCUT2D eigenvalue weighted by Gasteiger charge is -2.17. The van der Waals surface area contributed by atoms with Gasteiger partial charge >= 0.3 is 0 Å². The summed E-state index contributed by atoms with van der Waals surface area (Å²) in [4.78, 5) is 14.1. The van der Waals surface area contributed by atoms with Gasteiger partial charge in [0.05, 0.1) is 16.5 Å². The number of carbonyl (C=O) groups excluding carboxylic acids is 1. The van der Waals surface area contributed by atoms with Crippen molar-refractivity contribution in [3.8, 4) is 0 Å². The largest absolute Gasteiger partial charge is 0.324 e. The number of rotatable bonds is 8. The van der Waals surface area contributed by atoms with Crippen LogP contribution >= 0.6 is 23.4 Å². The second-order valence-corrected chi connectivity index (χ2v) is 5.62. The number of amides is 1. The van der Waals surface area contributed by atoms with E-state index in [9.17, 15) is 4.79 Å². The monoisotopic (exact) mass is 300 g/mol. The smallest absolute Gasteiger partial charge is 0.234 e. The van der Waals surface area contributed by atoms with E-state index in [0.717, 1.165) is 25.4 Å². The van der Waals surface area contributed by atoms with E-state index in [1.165, 1.54) is 0 Å². The van der Waals surface area contributed by atoms with Crippen molar-refractivity contribution < 1.29 is 4.79 Å². The standard InChI is InChI=1S/C14H21ClN2OS/c1-3-17(4-2)9-10-19-11-14(18)16-13-8-6-5-7-12(13)15/h5-8H,3-4,9-11H2,1-2H3,(H,16,18). The summed E-state index contributed by atoms with van der Waals surface area (Å²) in [6, 6.07) is 7.28. The maximum absolute atomic E-state index is 11.7. The van der Waals surface area contributed by atoms with Crippen LogP contribution in [0.4, 0.5) is 5.69 Å². The fraction of sp³-hybridized carbons (Fsp3) is 0.500. The van der Waals surface area contributed by atoms with Gasteiger partial charge < -0.3 is 10.2 Å². The Labute approximate surface area is 124 Å². The van der Waals surface area contributed by atoms with Gasteiger partial charge in [-0.25, -0.2) is 0 Å². The first-order valence-electron chi connectivity index (χ1n) is 6.51. The number of carbonyl (C=O) groups is 1. The second kappa shape index (κ2) is 9.23. The van der Waals surface area contributed by atoms with Gasteiger partial charge in [-0.3, -0.25) is 4.79 Å². The lowest BCUT2D eigenvalue weighted by Crippen LogP contribution is -2.26. The van der Waals surface area contributed by atoms with Crippen LogP contribution in [0.2, 0.25) is 5.02 Å². The Balaban J connectivity index is 2.24. The van der Waals surface area contributed by atoms with Gasteiger partial charge in [0.25, 0.3) is 0 Å². The quantitative estimate of drug-likeness (QED) is 0.747. The average Bonchev–Trinajstić information content (AvgIpc) is 2.42. The average molecular weight is 301 g/mol. The normalized spacial score (nSPS) is 10.7. The van der Waals surface area contributed by atoms with E-state index in [2.05, 4.69) is 24.1 Å². The predicted molar refractivity (Wildman–Crippen MR) is 85.2 cm³/mol. The first kappa shape index (κ1) is 16.3. The van der Waals surface area contributed by atoms with Crippen molar-refractivity contribution in [1.29, 1.82) is 0 Å². The maximum atomic E-state index is 11.7. The number of hydrogen-bond donors (Lipinski definition) is 1. The van der Waals surface area contributed by atoms with Crippen LogP contribution in [0.5, 0.6) is 0 Å². The zero-order valence-corrected chi connectivity index (χ0v) is 13.1. The molecule has 19 heavy (non-hydrogen) atoms. The van der Waals surface area contributed by atoms with Crippen LogP contribution in [0.3, 0.4) is 0 Å². The zero-order valence-electron chi connectivity index (χ0n) is 11.5. The Morgan fingerprint density at radius 2 is 2.00 bits per heavy atom. The third kappa shape index (κ3) is 6.32. The van der Waals surface area contributed by atoms with Crippen LogP contribution in [-0.4, -0.2) is 41.9 Å². The molecule has 1 rings (SSSR count). The van der Waals surface area contributed by atoms with E-state index >= 15 is 0 Å². The van der Waals surface area contributed by atoms with E-state index in [4.69, 9.17) is 11.6 Å². The Morgan fingerprint density at radius 1 is 1.32 bits per heavy atom. The molecule has 0 spiro atoms. The molecule has 106 valence electrons. The highest BCUT2D eigenvalue weighted by Crippen LogP contribution is 2.20. The van der Waals surface area contributed by atoms with Crippen molar-refractivity contribution >= 4 is 35.0 Å². The highest BCUT2D eigenvalue weighted by atomic mass is 35.5. The summed E-state index contributed by atoms with van der Waals surface area (Å²) in [5, 5.41) is 3.39. The zero-order chi connectivity index (χ0) is 14.1. The summed E-state index contributed by atoms with van der Waals surface area (Å²) in [6.45, 7) is 7.44. The molecule has 1 N–H and O–H groups in total. The summed E-state index contributed by atoms with van der Waals surface area (Å²) in [5.41, 5.74) is 0.679. The predicted octanol–water partition coefficient (Wildman–Crippen LogP) is 3.35. The fourth-order valence-corrected chi connectivity index (χ4v) is 2.62. The second-order valence-electron chi connectivity index (χ2n) is 4.11. The van der Waals surface area contributed by atoms with Gasteiger partial charge in [-0.15, -0.1) is 0 Å². The molecule has 0 aliphatic carbocycles. The number of hydrogen-bond acceptors (Lipinski definition) is 3. The highest BCUT2D eigenvalue weighted by Gasteiger charge is 2.06. The molecule has 0 saturated carbocycles. The minimum atomic E-state index is -0.00218. The van der Waals surface area contributed by atoms with Gasteiger partial charge in [0, 0.05) is 12.3 Å². The van der Waals surface area contributed by atoms with Gasteiger partial charge in [0.15, 0.2) is 0 Å². The number of anilines is 1. The van der Waals surface area contributed by atoms with Crippen molar-refractivity contribution in [2.45, 2.75) is 13.8 Å². The van der Waals surface area contributed by atoms with Crippen LogP contribution < -0.4 is 5.32 Å². The number of thioether (sulfide) groups is 1. The van der Waals surface area contributed by atoms with Crippen molar-refractivity contribution in [1.82, 2.24) is 4.90 Å². The molecule has 0 fully saturated rings. The van der Waals surface area contributed by atoms with Crippen molar-refractivity contribution in [3.05, 3.63) is 29.3 Å². The highest BCUT2D eigenvalue weighted by molar-refractivity contribution is 7.99. The minimum Gasteiger partial charge on any atom is -0.324 e. The third-order valence-corrected chi connectivity index (χ3v) is 4.09. The number of benzene rings is 1. The van der Waals surface area contributed by atoms with Crippen LogP contribution in [-0.2, 0) is 4.79 Å². The summed E-state index contributed by atoms with van der Waals surface area (Å²) < 4.78 is 0. The van der Waals surface area contributed by atoms with Crippen molar-refractivity contribution in [2.24, 2.45) is 0 Å². The maximum Gasteiger partial charge on any atom is 0.234 e. The third-order valence-electron chi connectivity index (χ3n) is 2.83. The van der Waals surface area contributed by atoms with Gasteiger partial charge in [-0.05, 0) is 25.2 Å². The fourth-order valence-electron chi connectivity index (χ4n) is 1.65. The van der Waals surface area contributed by atoms with E-state index in [-0.39, 0.29) is 5.91 Å². The van der Waals surface area contributed by atoms with E-state index < -0.39 is 0 Å². The SMILES string of the molecule is CCN(CC)CCSCC(=O)Nc1ccccc1Cl. The van der Waals surface area contributed by atoms with Crippen molar-refractivity contribution in [2.75, 3.05) is 36.5 Å². The van der Waals surface area contributed by atoms with Gasteiger partial charge in [0.1, 0.15) is 0 Å². The van der Waals surface area contributed by atoms with Gasteiger partial charge in [-0.1, -0.05) is 37.6 Å². The van der Waals surface area contributed by atoms with Gasteiger partial charge in [-0.2, -0.15) is 11.8 Å². The van der Waals surface area contributed by atoms with Gasteiger partial charge in [0.2, 0.25) is 5.91 Å². The van der Waals surface area contributed by atoms with E-state index in [0.29, 0.717) is 16.5 Å². The molecule has 0 unspecified atom stereocenters. The Morgan fingerprint density at radius 3 is 2.63 bits per heavy atom. The molecular weight excluding hydrogens is 280 g/mol.